The van der Waals surface area contributed by atoms with Crippen LogP contribution in [0.5, 0.6) is 0 Å². The van der Waals surface area contributed by atoms with Crippen molar-refractivity contribution in [2.45, 2.75) is 52.6 Å². The van der Waals surface area contributed by atoms with Gasteiger partial charge in [0.2, 0.25) is 0 Å². The third-order valence-corrected chi connectivity index (χ3v) is 3.09. The molecule has 2 atom stereocenters. The van der Waals surface area contributed by atoms with Crippen LogP contribution in [0.1, 0.15) is 40.5 Å². The number of likely N-dealkylation sites (tertiary alicyclic amines) is 1. The zero-order chi connectivity index (χ0) is 8.43. The van der Waals surface area contributed by atoms with E-state index in [-0.39, 0.29) is 0 Å². The first-order chi connectivity index (χ1) is 5.13. The number of nitrogens with zero attached hydrogens (tertiary/aromatic N) is 1. The number of piperidine rings is 1. The predicted molar refractivity (Wildman–Crippen MR) is 49.7 cm³/mol. The SMILES string of the molecule is CC(C)N1CCC[C@H](C)[C@H]1C. The molecule has 0 aromatic heterocycles. The lowest BCUT2D eigenvalue weighted by Gasteiger charge is -2.40. The minimum atomic E-state index is 0.729. The van der Waals surface area contributed by atoms with Gasteiger partial charge in [0, 0.05) is 12.1 Å². The van der Waals surface area contributed by atoms with Gasteiger partial charge in [-0.3, -0.25) is 4.90 Å². The van der Waals surface area contributed by atoms with Gasteiger partial charge in [0.05, 0.1) is 0 Å². The van der Waals surface area contributed by atoms with Crippen LogP contribution < -0.4 is 0 Å². The molecule has 0 aromatic carbocycles. The van der Waals surface area contributed by atoms with Crippen LogP contribution in [-0.2, 0) is 0 Å². The van der Waals surface area contributed by atoms with E-state index in [2.05, 4.69) is 32.6 Å². The van der Waals surface area contributed by atoms with E-state index in [1.54, 1.807) is 0 Å². The van der Waals surface area contributed by atoms with Crippen molar-refractivity contribution in [3.8, 4) is 0 Å². The van der Waals surface area contributed by atoms with E-state index in [1.807, 2.05) is 0 Å². The highest BCUT2D eigenvalue weighted by Gasteiger charge is 2.25. The quantitative estimate of drug-likeness (QED) is 0.562. The Bertz CT molecular complexity index is 120. The summed E-state index contributed by atoms with van der Waals surface area (Å²) in [4.78, 5) is 2.62. The molecule has 11 heavy (non-hydrogen) atoms. The average molecular weight is 155 g/mol. The summed E-state index contributed by atoms with van der Waals surface area (Å²) in [5.74, 6) is 0.895. The Morgan fingerprint density at radius 3 is 2.36 bits per heavy atom. The van der Waals surface area contributed by atoms with Crippen molar-refractivity contribution >= 4 is 0 Å². The lowest BCUT2D eigenvalue weighted by molar-refractivity contribution is 0.0830. The lowest BCUT2D eigenvalue weighted by Crippen LogP contribution is -2.46. The van der Waals surface area contributed by atoms with Crippen LogP contribution in [0.25, 0.3) is 0 Å². The Hall–Kier alpha value is -0.0400. The molecule has 0 bridgehead atoms. The van der Waals surface area contributed by atoms with Gasteiger partial charge in [-0.1, -0.05) is 6.92 Å². The van der Waals surface area contributed by atoms with E-state index < -0.39 is 0 Å². The van der Waals surface area contributed by atoms with Crippen molar-refractivity contribution in [3.05, 3.63) is 0 Å². The Balaban J connectivity index is 2.51. The molecule has 0 amide bonds. The molecule has 1 rings (SSSR count). The first-order valence-corrected chi connectivity index (χ1v) is 4.88. The van der Waals surface area contributed by atoms with Crippen molar-refractivity contribution < 1.29 is 0 Å². The predicted octanol–water partition coefficient (Wildman–Crippen LogP) is 2.52. The molecule has 1 aliphatic rings. The highest BCUT2D eigenvalue weighted by Crippen LogP contribution is 2.24. The molecule has 0 radical (unpaired) electrons. The Labute approximate surface area is 70.8 Å². The third-order valence-electron chi connectivity index (χ3n) is 3.09. The smallest absolute Gasteiger partial charge is 0.00952 e. The Morgan fingerprint density at radius 1 is 1.27 bits per heavy atom. The van der Waals surface area contributed by atoms with E-state index >= 15 is 0 Å². The molecule has 0 aromatic rings. The summed E-state index contributed by atoms with van der Waals surface area (Å²) >= 11 is 0. The standard InChI is InChI=1S/C10H21N/c1-8(2)11-7-5-6-9(3)10(11)4/h8-10H,5-7H2,1-4H3/t9-,10+/m0/s1. The van der Waals surface area contributed by atoms with Crippen molar-refractivity contribution in [1.29, 1.82) is 0 Å². The second-order valence-electron chi connectivity index (χ2n) is 4.19. The van der Waals surface area contributed by atoms with Gasteiger partial charge in [-0.05, 0) is 46.1 Å². The van der Waals surface area contributed by atoms with Crippen LogP contribution >= 0.6 is 0 Å². The molecule has 0 N–H and O–H groups in total. The van der Waals surface area contributed by atoms with Crippen LogP contribution in [-0.4, -0.2) is 23.5 Å². The molecule has 0 unspecified atom stereocenters. The van der Waals surface area contributed by atoms with Gasteiger partial charge in [-0.2, -0.15) is 0 Å². The van der Waals surface area contributed by atoms with Gasteiger partial charge in [-0.25, -0.2) is 0 Å². The molecule has 0 aliphatic carbocycles. The molecule has 66 valence electrons. The lowest BCUT2D eigenvalue weighted by atomic mass is 9.91. The normalized spacial score (nSPS) is 34.6. The van der Waals surface area contributed by atoms with Gasteiger partial charge in [0.1, 0.15) is 0 Å². The average Bonchev–Trinajstić information content (AvgIpc) is 1.94. The molecule has 1 heteroatoms. The summed E-state index contributed by atoms with van der Waals surface area (Å²) in [5, 5.41) is 0. The van der Waals surface area contributed by atoms with Crippen LogP contribution in [0.2, 0.25) is 0 Å². The van der Waals surface area contributed by atoms with Crippen LogP contribution in [0.4, 0.5) is 0 Å². The van der Waals surface area contributed by atoms with E-state index in [0.29, 0.717) is 0 Å². The summed E-state index contributed by atoms with van der Waals surface area (Å²) in [6.07, 6.45) is 2.81. The van der Waals surface area contributed by atoms with Crippen molar-refractivity contribution in [2.24, 2.45) is 5.92 Å². The molecule has 1 fully saturated rings. The largest absolute Gasteiger partial charge is 0.298 e. The topological polar surface area (TPSA) is 3.24 Å². The third kappa shape index (κ3) is 1.96. The number of hydrogen-bond donors (Lipinski definition) is 0. The maximum atomic E-state index is 2.62. The minimum absolute atomic E-state index is 0.729. The summed E-state index contributed by atoms with van der Waals surface area (Å²) in [7, 11) is 0. The van der Waals surface area contributed by atoms with E-state index in [9.17, 15) is 0 Å². The molecule has 1 nitrogen and oxygen atoms in total. The Kier molecular flexibility index (Phi) is 2.94. The summed E-state index contributed by atoms with van der Waals surface area (Å²) in [6, 6.07) is 1.52. The maximum Gasteiger partial charge on any atom is 0.00952 e. The fourth-order valence-electron chi connectivity index (χ4n) is 2.10. The van der Waals surface area contributed by atoms with Crippen LogP contribution in [0.15, 0.2) is 0 Å². The molecular weight excluding hydrogens is 134 g/mol. The van der Waals surface area contributed by atoms with Crippen LogP contribution in [0, 0.1) is 5.92 Å². The highest BCUT2D eigenvalue weighted by molar-refractivity contribution is 4.80. The molecule has 1 saturated heterocycles. The second kappa shape index (κ2) is 3.57. The molecular formula is C10H21N. The highest BCUT2D eigenvalue weighted by atomic mass is 15.2. The molecule has 1 aliphatic heterocycles. The number of rotatable bonds is 1. The van der Waals surface area contributed by atoms with Gasteiger partial charge in [-0.15, -0.1) is 0 Å². The fraction of sp³-hybridized carbons (Fsp3) is 1.00. The van der Waals surface area contributed by atoms with Crippen molar-refractivity contribution in [3.63, 3.8) is 0 Å². The first-order valence-electron chi connectivity index (χ1n) is 4.88. The van der Waals surface area contributed by atoms with E-state index in [1.165, 1.54) is 19.4 Å². The summed E-state index contributed by atoms with van der Waals surface area (Å²) in [6.45, 7) is 10.6. The second-order valence-corrected chi connectivity index (χ2v) is 4.19. The van der Waals surface area contributed by atoms with Gasteiger partial charge in [0.25, 0.3) is 0 Å². The molecule has 0 spiro atoms. The molecule has 0 saturated carbocycles. The maximum absolute atomic E-state index is 2.62. The molecule has 1 heterocycles. The fourth-order valence-corrected chi connectivity index (χ4v) is 2.10. The zero-order valence-corrected chi connectivity index (χ0v) is 8.30. The van der Waals surface area contributed by atoms with Crippen molar-refractivity contribution in [1.82, 2.24) is 4.90 Å². The number of hydrogen-bond acceptors (Lipinski definition) is 1. The zero-order valence-electron chi connectivity index (χ0n) is 8.30. The van der Waals surface area contributed by atoms with Gasteiger partial charge >= 0.3 is 0 Å². The monoisotopic (exact) mass is 155 g/mol. The van der Waals surface area contributed by atoms with Crippen LogP contribution in [0.3, 0.4) is 0 Å². The van der Waals surface area contributed by atoms with E-state index in [0.717, 1.165) is 18.0 Å². The first kappa shape index (κ1) is 9.05. The summed E-state index contributed by atoms with van der Waals surface area (Å²) in [5.41, 5.74) is 0. The van der Waals surface area contributed by atoms with Crippen molar-refractivity contribution in [2.75, 3.05) is 6.54 Å². The van der Waals surface area contributed by atoms with Gasteiger partial charge < -0.3 is 0 Å². The van der Waals surface area contributed by atoms with Gasteiger partial charge in [0.15, 0.2) is 0 Å². The minimum Gasteiger partial charge on any atom is -0.298 e. The summed E-state index contributed by atoms with van der Waals surface area (Å²) < 4.78 is 0. The van der Waals surface area contributed by atoms with E-state index in [4.69, 9.17) is 0 Å². The Morgan fingerprint density at radius 2 is 1.91 bits per heavy atom.